The number of anilines is 1. The van der Waals surface area contributed by atoms with Crippen molar-refractivity contribution in [1.29, 1.82) is 0 Å². The van der Waals surface area contributed by atoms with Crippen molar-refractivity contribution in [3.05, 3.63) is 64.2 Å². The van der Waals surface area contributed by atoms with E-state index >= 15 is 0 Å². The Balaban J connectivity index is 1.98. The first-order valence-corrected chi connectivity index (χ1v) is 5.53. The topological polar surface area (TPSA) is 85.4 Å². The molecule has 0 bridgehead atoms. The largest absolute Gasteiger partial charge is 0.433 e. The van der Waals surface area contributed by atoms with Crippen molar-refractivity contribution in [2.24, 2.45) is 0 Å². The molecular formula is C13H9FN2O4. The molecular weight excluding hydrogens is 267 g/mol. The lowest BCUT2D eigenvalue weighted by Crippen LogP contribution is -2.07. The van der Waals surface area contributed by atoms with Crippen molar-refractivity contribution in [2.75, 3.05) is 5.32 Å². The van der Waals surface area contributed by atoms with Crippen LogP contribution < -0.4 is 5.32 Å². The predicted octanol–water partition coefficient (Wildman–Crippen LogP) is 2.98. The van der Waals surface area contributed by atoms with Crippen LogP contribution in [0, 0.1) is 15.9 Å². The number of nitro groups is 1. The van der Waals surface area contributed by atoms with E-state index in [0.29, 0.717) is 5.69 Å². The zero-order valence-corrected chi connectivity index (χ0v) is 10.1. The first kappa shape index (κ1) is 13.5. The minimum Gasteiger partial charge on any atom is -0.401 e. The third-order valence-electron chi connectivity index (χ3n) is 2.30. The van der Waals surface area contributed by atoms with Gasteiger partial charge >= 0.3 is 5.88 Å². The second-order valence-electron chi connectivity index (χ2n) is 3.76. The molecule has 0 spiro atoms. The maximum Gasteiger partial charge on any atom is 0.433 e. The molecule has 2 aromatic rings. The summed E-state index contributed by atoms with van der Waals surface area (Å²) in [7, 11) is 0. The molecule has 1 aromatic carbocycles. The Hall–Kier alpha value is -2.96. The van der Waals surface area contributed by atoms with Crippen LogP contribution in [0.1, 0.15) is 5.76 Å². The highest BCUT2D eigenvalue weighted by Gasteiger charge is 2.10. The van der Waals surface area contributed by atoms with Gasteiger partial charge in [0.25, 0.3) is 0 Å². The fraction of sp³-hybridized carbons (Fsp3) is 0. The Kier molecular flexibility index (Phi) is 3.90. The first-order chi connectivity index (χ1) is 9.54. The molecule has 0 aliphatic heterocycles. The summed E-state index contributed by atoms with van der Waals surface area (Å²) in [6.07, 6.45) is 2.46. The maximum absolute atomic E-state index is 12.7. The average Bonchev–Trinajstić information content (AvgIpc) is 2.88. The van der Waals surface area contributed by atoms with Crippen LogP contribution in [0.25, 0.3) is 6.08 Å². The molecule has 0 aliphatic carbocycles. The summed E-state index contributed by atoms with van der Waals surface area (Å²) in [4.78, 5) is 21.3. The van der Waals surface area contributed by atoms with Crippen LogP contribution in [0.15, 0.2) is 46.9 Å². The number of rotatable bonds is 4. The number of hydrogen-bond acceptors (Lipinski definition) is 4. The number of nitrogens with one attached hydrogen (secondary N) is 1. The van der Waals surface area contributed by atoms with Gasteiger partial charge in [-0.25, -0.2) is 4.39 Å². The van der Waals surface area contributed by atoms with E-state index in [0.717, 1.165) is 6.08 Å². The van der Waals surface area contributed by atoms with Crippen molar-refractivity contribution in [3.63, 3.8) is 0 Å². The number of benzene rings is 1. The number of carbonyl (C=O) groups is 1. The van der Waals surface area contributed by atoms with Gasteiger partial charge in [0, 0.05) is 11.8 Å². The summed E-state index contributed by atoms with van der Waals surface area (Å²) < 4.78 is 17.5. The van der Waals surface area contributed by atoms with E-state index in [1.165, 1.54) is 42.5 Å². The van der Waals surface area contributed by atoms with Gasteiger partial charge in [0.2, 0.25) is 5.91 Å². The average molecular weight is 276 g/mol. The lowest BCUT2D eigenvalue weighted by Gasteiger charge is -2.00. The van der Waals surface area contributed by atoms with Crippen molar-refractivity contribution in [3.8, 4) is 0 Å². The van der Waals surface area contributed by atoms with E-state index in [1.807, 2.05) is 0 Å². The van der Waals surface area contributed by atoms with Gasteiger partial charge < -0.3 is 9.73 Å². The van der Waals surface area contributed by atoms with Crippen LogP contribution in [0.4, 0.5) is 16.0 Å². The zero-order chi connectivity index (χ0) is 14.5. The molecule has 20 heavy (non-hydrogen) atoms. The third-order valence-corrected chi connectivity index (χ3v) is 2.30. The normalized spacial score (nSPS) is 10.7. The molecule has 0 radical (unpaired) electrons. The minimum atomic E-state index is -0.671. The van der Waals surface area contributed by atoms with E-state index in [1.54, 1.807) is 0 Å². The molecule has 0 saturated carbocycles. The van der Waals surface area contributed by atoms with E-state index < -0.39 is 22.5 Å². The lowest BCUT2D eigenvalue weighted by atomic mass is 10.3. The fourth-order valence-electron chi connectivity index (χ4n) is 1.40. The van der Waals surface area contributed by atoms with Gasteiger partial charge in [-0.15, -0.1) is 0 Å². The highest BCUT2D eigenvalue weighted by Crippen LogP contribution is 2.16. The summed E-state index contributed by atoms with van der Waals surface area (Å²) in [6, 6.07) is 7.83. The van der Waals surface area contributed by atoms with E-state index in [4.69, 9.17) is 4.42 Å². The number of amides is 1. The van der Waals surface area contributed by atoms with E-state index in [9.17, 15) is 19.3 Å². The fourth-order valence-corrected chi connectivity index (χ4v) is 1.40. The second kappa shape index (κ2) is 5.79. The quantitative estimate of drug-likeness (QED) is 0.528. The molecule has 0 unspecified atom stereocenters. The monoisotopic (exact) mass is 276 g/mol. The van der Waals surface area contributed by atoms with Crippen molar-refractivity contribution < 1.29 is 18.5 Å². The highest BCUT2D eigenvalue weighted by molar-refractivity contribution is 6.01. The SMILES string of the molecule is O=C(/C=C/c1ccc([N+](=O)[O-])o1)Nc1ccc(F)cc1. The number of furan rings is 1. The second-order valence-corrected chi connectivity index (χ2v) is 3.76. The number of nitrogens with zero attached hydrogens (tertiary/aromatic N) is 1. The smallest absolute Gasteiger partial charge is 0.401 e. The van der Waals surface area contributed by atoms with Crippen LogP contribution in [0.3, 0.4) is 0 Å². The van der Waals surface area contributed by atoms with E-state index in [2.05, 4.69) is 5.32 Å². The van der Waals surface area contributed by atoms with Gasteiger partial charge in [-0.1, -0.05) is 0 Å². The van der Waals surface area contributed by atoms with Crippen LogP contribution in [0.2, 0.25) is 0 Å². The van der Waals surface area contributed by atoms with Gasteiger partial charge in [0.15, 0.2) is 0 Å². The molecule has 1 heterocycles. The molecule has 0 saturated heterocycles. The maximum atomic E-state index is 12.7. The van der Waals surface area contributed by atoms with Gasteiger partial charge in [-0.05, 0) is 36.4 Å². The number of carbonyl (C=O) groups excluding carboxylic acids is 1. The number of hydrogen-bond donors (Lipinski definition) is 1. The van der Waals surface area contributed by atoms with Crippen molar-refractivity contribution >= 4 is 23.6 Å². The first-order valence-electron chi connectivity index (χ1n) is 5.53. The Morgan fingerprint density at radius 2 is 1.95 bits per heavy atom. The molecule has 6 nitrogen and oxygen atoms in total. The van der Waals surface area contributed by atoms with Crippen LogP contribution >= 0.6 is 0 Å². The third kappa shape index (κ3) is 3.52. The van der Waals surface area contributed by atoms with Crippen molar-refractivity contribution in [1.82, 2.24) is 0 Å². The molecule has 0 aliphatic rings. The Labute approximate surface area is 112 Å². The summed E-state index contributed by atoms with van der Waals surface area (Å²) in [5, 5.41) is 12.9. The van der Waals surface area contributed by atoms with Gasteiger partial charge in [0.1, 0.15) is 16.5 Å². The molecule has 2 rings (SSSR count). The van der Waals surface area contributed by atoms with Crippen LogP contribution in [-0.4, -0.2) is 10.8 Å². The van der Waals surface area contributed by atoms with E-state index in [-0.39, 0.29) is 5.76 Å². The highest BCUT2D eigenvalue weighted by atomic mass is 19.1. The minimum absolute atomic E-state index is 0.186. The zero-order valence-electron chi connectivity index (χ0n) is 10.1. The summed E-state index contributed by atoms with van der Waals surface area (Å²) in [6.45, 7) is 0. The summed E-state index contributed by atoms with van der Waals surface area (Å²) in [5.74, 6) is -1.08. The van der Waals surface area contributed by atoms with Crippen molar-refractivity contribution in [2.45, 2.75) is 0 Å². The Bertz CT molecular complexity index is 661. The van der Waals surface area contributed by atoms with Gasteiger partial charge in [-0.3, -0.25) is 14.9 Å². The standard InChI is InChI=1S/C13H9FN2O4/c14-9-1-3-10(4-2-9)15-12(17)7-5-11-6-8-13(20-11)16(18)19/h1-8H,(H,15,17)/b7-5+. The summed E-state index contributed by atoms with van der Waals surface area (Å²) in [5.41, 5.74) is 0.437. The Morgan fingerprint density at radius 1 is 1.25 bits per heavy atom. The number of halogens is 1. The molecule has 0 atom stereocenters. The predicted molar refractivity (Wildman–Crippen MR) is 69.4 cm³/mol. The molecule has 1 aromatic heterocycles. The Morgan fingerprint density at radius 3 is 2.55 bits per heavy atom. The molecule has 7 heteroatoms. The van der Waals surface area contributed by atoms with Crippen LogP contribution in [0.5, 0.6) is 0 Å². The lowest BCUT2D eigenvalue weighted by molar-refractivity contribution is -0.402. The summed E-state index contributed by atoms with van der Waals surface area (Å²) >= 11 is 0. The molecule has 1 amide bonds. The molecule has 102 valence electrons. The van der Waals surface area contributed by atoms with Crippen LogP contribution in [-0.2, 0) is 4.79 Å². The molecule has 1 N–H and O–H groups in total. The molecule has 0 fully saturated rings. The van der Waals surface area contributed by atoms with Gasteiger partial charge in [-0.2, -0.15) is 0 Å². The van der Waals surface area contributed by atoms with Gasteiger partial charge in [0.05, 0.1) is 6.07 Å².